The van der Waals surface area contributed by atoms with Gasteiger partial charge in [-0.2, -0.15) is 0 Å². The predicted octanol–water partition coefficient (Wildman–Crippen LogP) is 2.61. The normalized spacial score (nSPS) is 31.4. The van der Waals surface area contributed by atoms with Gasteiger partial charge in [0.1, 0.15) is 0 Å². The molecule has 6 heteroatoms. The molecule has 0 spiro atoms. The molecule has 0 aliphatic carbocycles. The van der Waals surface area contributed by atoms with Crippen molar-refractivity contribution in [2.75, 3.05) is 13.2 Å². The molecule has 1 N–H and O–H groups in total. The molecular weight excluding hydrogens is 359 g/mol. The molecule has 0 aromatic heterocycles. The highest BCUT2D eigenvalue weighted by molar-refractivity contribution is 5.86. The number of hydrogen-bond donors (Lipinski definition) is 1. The Morgan fingerprint density at radius 2 is 2.11 bits per heavy atom. The van der Waals surface area contributed by atoms with E-state index in [0.29, 0.717) is 6.42 Å². The zero-order chi connectivity index (χ0) is 19.9. The lowest BCUT2D eigenvalue weighted by molar-refractivity contribution is -0.135. The summed E-state index contributed by atoms with van der Waals surface area (Å²) in [7, 11) is 0. The summed E-state index contributed by atoms with van der Waals surface area (Å²) < 4.78 is 19.7. The zero-order valence-electron chi connectivity index (χ0n) is 16.7. The van der Waals surface area contributed by atoms with Crippen LogP contribution in [0.2, 0.25) is 0 Å². The molecule has 0 radical (unpaired) electrons. The second kappa shape index (κ2) is 7.47. The molecule has 28 heavy (non-hydrogen) atoms. The molecule has 2 bridgehead atoms. The predicted molar refractivity (Wildman–Crippen MR) is 104 cm³/mol. The van der Waals surface area contributed by atoms with Gasteiger partial charge in [-0.1, -0.05) is 18.2 Å². The van der Waals surface area contributed by atoms with E-state index in [2.05, 4.69) is 37.4 Å². The molecule has 2 amide bonds. The van der Waals surface area contributed by atoms with Crippen LogP contribution in [0.4, 0.5) is 4.39 Å². The Hall–Kier alpha value is -1.95. The van der Waals surface area contributed by atoms with Crippen molar-refractivity contribution in [3.05, 3.63) is 34.9 Å². The molecule has 4 atom stereocenters. The number of benzene rings is 1. The molecule has 3 fully saturated rings. The van der Waals surface area contributed by atoms with Crippen LogP contribution in [0.3, 0.4) is 0 Å². The number of ether oxygens (including phenoxy) is 1. The molecule has 3 aliphatic rings. The lowest BCUT2D eigenvalue weighted by Crippen LogP contribution is -2.52. The average molecular weight is 388 g/mol. The highest BCUT2D eigenvalue weighted by atomic mass is 19.1. The SMILES string of the molecule is Cc1ccc(CCC(=O)N2[C@@H]3CC[C@H]2[C@H](NC(=O)C2(F)CCOC2)C3)cc1C. The van der Waals surface area contributed by atoms with Crippen molar-refractivity contribution >= 4 is 11.8 Å². The minimum absolute atomic E-state index is 0.00729. The van der Waals surface area contributed by atoms with E-state index >= 15 is 0 Å². The number of nitrogens with one attached hydrogen (secondary N) is 1. The Balaban J connectivity index is 1.35. The molecule has 152 valence electrons. The number of fused-ring (bicyclic) bond motifs is 2. The smallest absolute Gasteiger partial charge is 0.260 e. The van der Waals surface area contributed by atoms with Gasteiger partial charge in [0.2, 0.25) is 11.6 Å². The fraction of sp³-hybridized carbons (Fsp3) is 0.636. The van der Waals surface area contributed by atoms with E-state index in [-0.39, 0.29) is 43.7 Å². The third kappa shape index (κ3) is 3.54. The van der Waals surface area contributed by atoms with Crippen LogP contribution in [0.1, 0.15) is 48.8 Å². The van der Waals surface area contributed by atoms with Crippen LogP contribution in [-0.2, 0) is 20.7 Å². The van der Waals surface area contributed by atoms with Gasteiger partial charge in [-0.3, -0.25) is 9.59 Å². The van der Waals surface area contributed by atoms with E-state index in [1.807, 2.05) is 4.90 Å². The molecule has 4 rings (SSSR count). The molecule has 1 unspecified atom stereocenters. The van der Waals surface area contributed by atoms with Crippen molar-refractivity contribution in [3.8, 4) is 0 Å². The van der Waals surface area contributed by atoms with E-state index in [0.717, 1.165) is 25.7 Å². The first kappa shape index (κ1) is 19.4. The molecule has 1 aromatic rings. The fourth-order valence-corrected chi connectivity index (χ4v) is 4.89. The highest BCUT2D eigenvalue weighted by Gasteiger charge is 2.51. The Bertz CT molecular complexity index is 775. The largest absolute Gasteiger partial charge is 0.377 e. The number of aryl methyl sites for hydroxylation is 3. The maximum Gasteiger partial charge on any atom is 0.260 e. The minimum atomic E-state index is -1.92. The van der Waals surface area contributed by atoms with E-state index in [1.165, 1.54) is 16.7 Å². The van der Waals surface area contributed by atoms with Crippen LogP contribution in [0.25, 0.3) is 0 Å². The molecule has 3 saturated heterocycles. The van der Waals surface area contributed by atoms with Gasteiger partial charge in [0, 0.05) is 18.9 Å². The first-order valence-electron chi connectivity index (χ1n) is 10.3. The van der Waals surface area contributed by atoms with Crippen LogP contribution >= 0.6 is 0 Å². The number of carbonyl (C=O) groups is 2. The van der Waals surface area contributed by atoms with Crippen LogP contribution in [0.15, 0.2) is 18.2 Å². The van der Waals surface area contributed by atoms with Crippen LogP contribution < -0.4 is 5.32 Å². The van der Waals surface area contributed by atoms with Gasteiger partial charge in [0.05, 0.1) is 25.3 Å². The summed E-state index contributed by atoms with van der Waals surface area (Å²) in [5.74, 6) is -0.438. The monoisotopic (exact) mass is 388 g/mol. The summed E-state index contributed by atoms with van der Waals surface area (Å²) in [6.07, 6.45) is 3.87. The van der Waals surface area contributed by atoms with E-state index in [1.54, 1.807) is 0 Å². The average Bonchev–Trinajstić information content (AvgIpc) is 3.37. The van der Waals surface area contributed by atoms with Crippen molar-refractivity contribution in [1.82, 2.24) is 10.2 Å². The number of carbonyl (C=O) groups excluding carboxylic acids is 2. The summed E-state index contributed by atoms with van der Waals surface area (Å²) in [5.41, 5.74) is 1.75. The quantitative estimate of drug-likeness (QED) is 0.844. The zero-order valence-corrected chi connectivity index (χ0v) is 16.7. The van der Waals surface area contributed by atoms with Crippen molar-refractivity contribution < 1.29 is 18.7 Å². The van der Waals surface area contributed by atoms with Crippen LogP contribution in [0, 0.1) is 13.8 Å². The maximum absolute atomic E-state index is 14.6. The van der Waals surface area contributed by atoms with Crippen LogP contribution in [0.5, 0.6) is 0 Å². The number of halogens is 1. The van der Waals surface area contributed by atoms with Crippen molar-refractivity contribution in [1.29, 1.82) is 0 Å². The van der Waals surface area contributed by atoms with Gasteiger partial charge in [-0.15, -0.1) is 0 Å². The molecule has 5 nitrogen and oxygen atoms in total. The molecule has 3 aliphatic heterocycles. The molecule has 1 aromatic carbocycles. The Morgan fingerprint density at radius 1 is 1.29 bits per heavy atom. The van der Waals surface area contributed by atoms with Crippen molar-refractivity contribution in [2.24, 2.45) is 0 Å². The Morgan fingerprint density at radius 3 is 2.82 bits per heavy atom. The number of hydrogen-bond acceptors (Lipinski definition) is 3. The highest BCUT2D eigenvalue weighted by Crippen LogP contribution is 2.39. The maximum atomic E-state index is 14.6. The summed E-state index contributed by atoms with van der Waals surface area (Å²) in [4.78, 5) is 27.2. The summed E-state index contributed by atoms with van der Waals surface area (Å²) in [5, 5.41) is 2.88. The standard InChI is InChI=1S/C22H29FN2O3/c1-14-3-4-16(11-15(14)2)5-8-20(26)25-17-6-7-19(25)18(12-17)24-21(27)22(23)9-10-28-13-22/h3-4,11,17-19H,5-10,12-13H2,1-2H3,(H,24,27)/t17-,18-,19+,22?/m1/s1. The molecule has 3 heterocycles. The van der Waals surface area contributed by atoms with Gasteiger partial charge in [-0.25, -0.2) is 4.39 Å². The Labute approximate surface area is 165 Å². The second-order valence-corrected chi connectivity index (χ2v) is 8.60. The topological polar surface area (TPSA) is 58.6 Å². The third-order valence-electron chi connectivity index (χ3n) is 6.72. The first-order valence-corrected chi connectivity index (χ1v) is 10.3. The summed E-state index contributed by atoms with van der Waals surface area (Å²) in [6, 6.07) is 6.34. The van der Waals surface area contributed by atoms with Crippen molar-refractivity contribution in [2.45, 2.75) is 76.2 Å². The third-order valence-corrected chi connectivity index (χ3v) is 6.72. The lowest BCUT2D eigenvalue weighted by atomic mass is 9.94. The van der Waals surface area contributed by atoms with E-state index in [4.69, 9.17) is 4.74 Å². The van der Waals surface area contributed by atoms with Gasteiger partial charge in [-0.05, 0) is 56.2 Å². The summed E-state index contributed by atoms with van der Waals surface area (Å²) >= 11 is 0. The van der Waals surface area contributed by atoms with Gasteiger partial charge >= 0.3 is 0 Å². The molecule has 0 saturated carbocycles. The number of nitrogens with zero attached hydrogens (tertiary/aromatic N) is 1. The first-order chi connectivity index (χ1) is 13.4. The number of alkyl halides is 1. The number of amides is 2. The van der Waals surface area contributed by atoms with E-state index < -0.39 is 11.6 Å². The fourth-order valence-electron chi connectivity index (χ4n) is 4.89. The van der Waals surface area contributed by atoms with Gasteiger partial charge < -0.3 is 15.0 Å². The van der Waals surface area contributed by atoms with Crippen LogP contribution in [-0.4, -0.2) is 53.7 Å². The molecular formula is C22H29FN2O3. The van der Waals surface area contributed by atoms with E-state index in [9.17, 15) is 14.0 Å². The minimum Gasteiger partial charge on any atom is -0.377 e. The van der Waals surface area contributed by atoms with Gasteiger partial charge in [0.25, 0.3) is 5.91 Å². The lowest BCUT2D eigenvalue weighted by Gasteiger charge is -2.27. The number of rotatable bonds is 5. The van der Waals surface area contributed by atoms with Crippen molar-refractivity contribution in [3.63, 3.8) is 0 Å². The Kier molecular flexibility index (Phi) is 5.17. The van der Waals surface area contributed by atoms with Gasteiger partial charge in [0.15, 0.2) is 0 Å². The second-order valence-electron chi connectivity index (χ2n) is 8.60. The summed E-state index contributed by atoms with van der Waals surface area (Å²) in [6.45, 7) is 4.28.